The van der Waals surface area contributed by atoms with Gasteiger partial charge in [-0.1, -0.05) is 30.2 Å². The molecule has 0 aliphatic heterocycles. The van der Waals surface area contributed by atoms with Crippen LogP contribution in [0.4, 0.5) is 4.39 Å². The van der Waals surface area contributed by atoms with Crippen LogP contribution < -0.4 is 5.73 Å². The van der Waals surface area contributed by atoms with E-state index in [0.717, 1.165) is 19.3 Å². The second kappa shape index (κ2) is 3.52. The largest absolute Gasteiger partial charge is 0.330 e. The second-order valence-corrected chi connectivity index (χ2v) is 4.35. The van der Waals surface area contributed by atoms with E-state index in [2.05, 4.69) is 0 Å². The highest BCUT2D eigenvalue weighted by atomic mass is 35.5. The third-order valence-electron chi connectivity index (χ3n) is 3.22. The summed E-state index contributed by atoms with van der Waals surface area (Å²) in [7, 11) is 0. The Morgan fingerprint density at radius 3 is 2.64 bits per heavy atom. The molecule has 0 atom stereocenters. The Labute approximate surface area is 88.1 Å². The molecular weight excluding hydrogens is 201 g/mol. The Hall–Kier alpha value is -0.600. The van der Waals surface area contributed by atoms with Gasteiger partial charge in [-0.05, 0) is 24.5 Å². The smallest absolute Gasteiger partial charge is 0.145 e. The van der Waals surface area contributed by atoms with E-state index >= 15 is 0 Å². The van der Waals surface area contributed by atoms with Crippen LogP contribution >= 0.6 is 11.6 Å². The van der Waals surface area contributed by atoms with Crippen LogP contribution in [-0.2, 0) is 5.41 Å². The highest BCUT2D eigenvalue weighted by Crippen LogP contribution is 2.44. The average molecular weight is 214 g/mol. The molecule has 0 unspecified atom stereocenters. The molecule has 3 heteroatoms. The number of benzene rings is 1. The molecule has 76 valence electrons. The van der Waals surface area contributed by atoms with E-state index in [1.54, 1.807) is 18.2 Å². The Bertz CT molecular complexity index is 342. The zero-order valence-electron chi connectivity index (χ0n) is 7.89. The fraction of sp³-hybridized carbons (Fsp3) is 0.455. The van der Waals surface area contributed by atoms with Crippen LogP contribution in [0.25, 0.3) is 0 Å². The maximum Gasteiger partial charge on any atom is 0.145 e. The van der Waals surface area contributed by atoms with E-state index in [1.165, 1.54) is 0 Å². The van der Waals surface area contributed by atoms with E-state index in [1.807, 2.05) is 0 Å². The number of hydrogen-bond acceptors (Lipinski definition) is 1. The Morgan fingerprint density at radius 1 is 1.43 bits per heavy atom. The molecule has 0 amide bonds. The Morgan fingerprint density at radius 2 is 2.14 bits per heavy atom. The molecule has 1 aromatic rings. The van der Waals surface area contributed by atoms with Gasteiger partial charge in [-0.15, -0.1) is 0 Å². The molecule has 1 aliphatic carbocycles. The molecule has 1 nitrogen and oxygen atoms in total. The van der Waals surface area contributed by atoms with Crippen molar-refractivity contribution in [1.29, 1.82) is 0 Å². The molecule has 0 saturated heterocycles. The number of hydrogen-bond donors (Lipinski definition) is 1. The third kappa shape index (κ3) is 1.33. The first-order chi connectivity index (χ1) is 6.69. The minimum Gasteiger partial charge on any atom is -0.330 e. The van der Waals surface area contributed by atoms with Gasteiger partial charge in [0.05, 0.1) is 5.02 Å². The molecule has 0 aromatic heterocycles. The molecule has 1 saturated carbocycles. The quantitative estimate of drug-likeness (QED) is 0.803. The van der Waals surface area contributed by atoms with Crippen molar-refractivity contribution in [3.05, 3.63) is 34.6 Å². The van der Waals surface area contributed by atoms with Crippen molar-refractivity contribution in [2.75, 3.05) is 6.54 Å². The zero-order chi connectivity index (χ0) is 10.2. The molecular formula is C11H13ClFN. The SMILES string of the molecule is NCC1(c2cccc(Cl)c2F)CCC1. The van der Waals surface area contributed by atoms with Crippen LogP contribution in [0.5, 0.6) is 0 Å². The van der Waals surface area contributed by atoms with Crippen LogP contribution in [-0.4, -0.2) is 6.54 Å². The van der Waals surface area contributed by atoms with E-state index in [9.17, 15) is 4.39 Å². The first-order valence-corrected chi connectivity index (χ1v) is 5.22. The van der Waals surface area contributed by atoms with Crippen LogP contribution in [0.2, 0.25) is 5.02 Å². The van der Waals surface area contributed by atoms with Gasteiger partial charge < -0.3 is 5.73 Å². The normalized spacial score (nSPS) is 19.1. The van der Waals surface area contributed by atoms with Crippen molar-refractivity contribution in [3.8, 4) is 0 Å². The predicted octanol–water partition coefficient (Wildman–Crippen LogP) is 2.86. The fourth-order valence-electron chi connectivity index (χ4n) is 2.10. The Kier molecular flexibility index (Phi) is 2.50. The number of halogens is 2. The molecule has 14 heavy (non-hydrogen) atoms. The summed E-state index contributed by atoms with van der Waals surface area (Å²) >= 11 is 5.74. The lowest BCUT2D eigenvalue weighted by Gasteiger charge is -2.41. The van der Waals surface area contributed by atoms with Gasteiger partial charge in [0.25, 0.3) is 0 Å². The van der Waals surface area contributed by atoms with Gasteiger partial charge in [0.15, 0.2) is 0 Å². The van der Waals surface area contributed by atoms with Gasteiger partial charge >= 0.3 is 0 Å². The van der Waals surface area contributed by atoms with Crippen molar-refractivity contribution in [1.82, 2.24) is 0 Å². The van der Waals surface area contributed by atoms with Gasteiger partial charge in [-0.3, -0.25) is 0 Å². The Balaban J connectivity index is 2.45. The van der Waals surface area contributed by atoms with Crippen molar-refractivity contribution in [3.63, 3.8) is 0 Å². The number of rotatable bonds is 2. The summed E-state index contributed by atoms with van der Waals surface area (Å²) in [6.07, 6.45) is 3.07. The van der Waals surface area contributed by atoms with Gasteiger partial charge in [-0.25, -0.2) is 4.39 Å². The summed E-state index contributed by atoms with van der Waals surface area (Å²) < 4.78 is 13.7. The lowest BCUT2D eigenvalue weighted by molar-refractivity contribution is 0.245. The van der Waals surface area contributed by atoms with Gasteiger partial charge in [0.2, 0.25) is 0 Å². The highest BCUT2D eigenvalue weighted by Gasteiger charge is 2.39. The van der Waals surface area contributed by atoms with Crippen LogP contribution in [0, 0.1) is 5.82 Å². The van der Waals surface area contributed by atoms with Crippen LogP contribution in [0.3, 0.4) is 0 Å². The van der Waals surface area contributed by atoms with E-state index < -0.39 is 0 Å². The average Bonchev–Trinajstić information content (AvgIpc) is 2.11. The van der Waals surface area contributed by atoms with Gasteiger partial charge in [0, 0.05) is 12.0 Å². The van der Waals surface area contributed by atoms with Crippen molar-refractivity contribution >= 4 is 11.6 Å². The molecule has 2 N–H and O–H groups in total. The monoisotopic (exact) mass is 213 g/mol. The maximum atomic E-state index is 13.7. The summed E-state index contributed by atoms with van der Waals surface area (Å²) in [6.45, 7) is 0.504. The highest BCUT2D eigenvalue weighted by molar-refractivity contribution is 6.30. The summed E-state index contributed by atoms with van der Waals surface area (Å²) in [5.41, 5.74) is 6.26. The maximum absolute atomic E-state index is 13.7. The van der Waals surface area contributed by atoms with Crippen molar-refractivity contribution in [2.24, 2.45) is 5.73 Å². The first kappa shape index (κ1) is 9.94. The molecule has 0 radical (unpaired) electrons. The topological polar surface area (TPSA) is 26.0 Å². The molecule has 1 aromatic carbocycles. The standard InChI is InChI=1S/C11H13ClFN/c12-9-4-1-3-8(10(9)13)11(7-14)5-2-6-11/h1,3-4H,2,5-7,14H2. The second-order valence-electron chi connectivity index (χ2n) is 3.94. The van der Waals surface area contributed by atoms with Crippen molar-refractivity contribution in [2.45, 2.75) is 24.7 Å². The van der Waals surface area contributed by atoms with Crippen LogP contribution in [0.1, 0.15) is 24.8 Å². The fourth-order valence-corrected chi connectivity index (χ4v) is 2.27. The third-order valence-corrected chi connectivity index (χ3v) is 3.52. The van der Waals surface area contributed by atoms with Crippen molar-refractivity contribution < 1.29 is 4.39 Å². The van der Waals surface area contributed by atoms with E-state index in [-0.39, 0.29) is 16.3 Å². The lowest BCUT2D eigenvalue weighted by Crippen LogP contribution is -2.42. The molecule has 0 heterocycles. The predicted molar refractivity (Wildman–Crippen MR) is 56.0 cm³/mol. The van der Waals surface area contributed by atoms with Crippen LogP contribution in [0.15, 0.2) is 18.2 Å². The molecule has 0 spiro atoms. The zero-order valence-corrected chi connectivity index (χ0v) is 8.65. The molecule has 1 aliphatic rings. The van der Waals surface area contributed by atoms with Gasteiger partial charge in [-0.2, -0.15) is 0 Å². The van der Waals surface area contributed by atoms with E-state index in [4.69, 9.17) is 17.3 Å². The molecule has 1 fully saturated rings. The minimum atomic E-state index is -0.292. The summed E-state index contributed by atoms with van der Waals surface area (Å²) in [4.78, 5) is 0. The van der Waals surface area contributed by atoms with Gasteiger partial charge in [0.1, 0.15) is 5.82 Å². The first-order valence-electron chi connectivity index (χ1n) is 4.84. The number of nitrogens with two attached hydrogens (primary N) is 1. The summed E-state index contributed by atoms with van der Waals surface area (Å²) in [6, 6.07) is 5.16. The summed E-state index contributed by atoms with van der Waals surface area (Å²) in [5, 5.41) is 0.197. The minimum absolute atomic E-state index is 0.144. The molecule has 2 rings (SSSR count). The van der Waals surface area contributed by atoms with E-state index in [0.29, 0.717) is 12.1 Å². The summed E-state index contributed by atoms with van der Waals surface area (Å²) in [5.74, 6) is -0.292. The lowest BCUT2D eigenvalue weighted by atomic mass is 9.64. The molecule has 0 bridgehead atoms.